The number of benzene rings is 1. The van der Waals surface area contributed by atoms with Gasteiger partial charge in [-0.3, -0.25) is 4.90 Å². The van der Waals surface area contributed by atoms with Gasteiger partial charge in [-0.2, -0.15) is 0 Å². The van der Waals surface area contributed by atoms with Gasteiger partial charge in [-0.25, -0.2) is 4.98 Å². The number of hydrogen-bond acceptors (Lipinski definition) is 4. The second kappa shape index (κ2) is 5.77. The third-order valence-corrected chi connectivity index (χ3v) is 3.50. The Morgan fingerprint density at radius 2 is 2.21 bits per heavy atom. The molecular formula is C13H17ClN4O. The van der Waals surface area contributed by atoms with Gasteiger partial charge in [0.2, 0.25) is 5.95 Å². The summed E-state index contributed by atoms with van der Waals surface area (Å²) in [5.74, 6) is 0.797. The van der Waals surface area contributed by atoms with Crippen molar-refractivity contribution < 1.29 is 4.74 Å². The molecule has 2 N–H and O–H groups in total. The summed E-state index contributed by atoms with van der Waals surface area (Å²) < 4.78 is 5.32. The fourth-order valence-corrected chi connectivity index (χ4v) is 2.39. The Kier molecular flexibility index (Phi) is 3.87. The van der Waals surface area contributed by atoms with Gasteiger partial charge in [0.15, 0.2) is 0 Å². The summed E-state index contributed by atoms with van der Waals surface area (Å²) in [5.41, 5.74) is 1.89. The fraction of sp³-hybridized carbons (Fsp3) is 0.462. The first kappa shape index (κ1) is 12.7. The van der Waals surface area contributed by atoms with Crippen LogP contribution in [0.4, 0.5) is 5.95 Å². The molecule has 5 nitrogen and oxygen atoms in total. The maximum Gasteiger partial charge on any atom is 0.201 e. The molecule has 1 aliphatic heterocycles. The maximum atomic E-state index is 5.95. The highest BCUT2D eigenvalue weighted by Gasteiger charge is 2.09. The van der Waals surface area contributed by atoms with E-state index in [0.717, 1.165) is 61.4 Å². The number of H-pyrrole nitrogens is 1. The van der Waals surface area contributed by atoms with Gasteiger partial charge in [0.1, 0.15) is 0 Å². The molecule has 0 atom stereocenters. The van der Waals surface area contributed by atoms with Gasteiger partial charge in [-0.1, -0.05) is 11.6 Å². The molecule has 0 amide bonds. The molecule has 2 aromatic rings. The topological polar surface area (TPSA) is 53.2 Å². The molecule has 1 aliphatic rings. The monoisotopic (exact) mass is 280 g/mol. The Balaban J connectivity index is 1.56. The van der Waals surface area contributed by atoms with Crippen LogP contribution in [0, 0.1) is 0 Å². The lowest BCUT2D eigenvalue weighted by molar-refractivity contribution is 0.0398. The third-order valence-electron chi connectivity index (χ3n) is 3.27. The number of fused-ring (bicyclic) bond motifs is 1. The lowest BCUT2D eigenvalue weighted by atomic mass is 10.3. The molecule has 3 rings (SSSR count). The minimum atomic E-state index is 0.719. The minimum absolute atomic E-state index is 0.719. The van der Waals surface area contributed by atoms with E-state index in [2.05, 4.69) is 20.2 Å². The van der Waals surface area contributed by atoms with E-state index in [1.165, 1.54) is 0 Å². The Bertz CT molecular complexity index is 551. The maximum absolute atomic E-state index is 5.95. The van der Waals surface area contributed by atoms with Crippen molar-refractivity contribution in [3.8, 4) is 0 Å². The smallest absolute Gasteiger partial charge is 0.201 e. The van der Waals surface area contributed by atoms with E-state index < -0.39 is 0 Å². The molecule has 0 radical (unpaired) electrons. The molecule has 1 fully saturated rings. The van der Waals surface area contributed by atoms with E-state index in [1.807, 2.05) is 18.2 Å². The van der Waals surface area contributed by atoms with Crippen molar-refractivity contribution in [1.29, 1.82) is 0 Å². The van der Waals surface area contributed by atoms with E-state index in [9.17, 15) is 0 Å². The van der Waals surface area contributed by atoms with E-state index in [0.29, 0.717) is 0 Å². The lowest BCUT2D eigenvalue weighted by Crippen LogP contribution is -2.39. The molecule has 6 heteroatoms. The van der Waals surface area contributed by atoms with Gasteiger partial charge in [-0.15, -0.1) is 0 Å². The SMILES string of the molecule is Clc1ccc2nc(NCCN3CCOCC3)[nH]c2c1. The zero-order valence-corrected chi connectivity index (χ0v) is 11.4. The summed E-state index contributed by atoms with van der Waals surface area (Å²) in [4.78, 5) is 10.1. The van der Waals surface area contributed by atoms with Gasteiger partial charge in [-0.05, 0) is 18.2 Å². The highest BCUT2D eigenvalue weighted by Crippen LogP contribution is 2.18. The number of halogens is 1. The fourth-order valence-electron chi connectivity index (χ4n) is 2.22. The van der Waals surface area contributed by atoms with E-state index in [-0.39, 0.29) is 0 Å². The number of hydrogen-bond donors (Lipinski definition) is 2. The highest BCUT2D eigenvalue weighted by molar-refractivity contribution is 6.31. The van der Waals surface area contributed by atoms with Crippen molar-refractivity contribution >= 4 is 28.6 Å². The zero-order chi connectivity index (χ0) is 13.1. The standard InChI is InChI=1S/C13H17ClN4O/c14-10-1-2-11-12(9-10)17-13(16-11)15-3-4-18-5-7-19-8-6-18/h1-2,9H,3-8H2,(H2,15,16,17). The molecule has 0 bridgehead atoms. The molecular weight excluding hydrogens is 264 g/mol. The summed E-state index contributed by atoms with van der Waals surface area (Å²) in [6.07, 6.45) is 0. The molecule has 1 aromatic carbocycles. The van der Waals surface area contributed by atoms with Crippen molar-refractivity contribution in [1.82, 2.24) is 14.9 Å². The molecule has 0 unspecified atom stereocenters. The van der Waals surface area contributed by atoms with Crippen LogP contribution >= 0.6 is 11.6 Å². The average molecular weight is 281 g/mol. The second-order valence-corrected chi connectivity index (χ2v) is 5.06. The number of aromatic amines is 1. The number of aromatic nitrogens is 2. The lowest BCUT2D eigenvalue weighted by Gasteiger charge is -2.26. The summed E-state index contributed by atoms with van der Waals surface area (Å²) in [5, 5.41) is 4.03. The van der Waals surface area contributed by atoms with Crippen LogP contribution in [0.25, 0.3) is 11.0 Å². The normalized spacial score (nSPS) is 16.9. The predicted octanol–water partition coefficient (Wildman–Crippen LogP) is 1.96. The molecule has 1 aromatic heterocycles. The van der Waals surface area contributed by atoms with Gasteiger partial charge in [0, 0.05) is 31.2 Å². The van der Waals surface area contributed by atoms with Crippen LogP contribution in [0.15, 0.2) is 18.2 Å². The van der Waals surface area contributed by atoms with Crippen LogP contribution in [-0.2, 0) is 4.74 Å². The van der Waals surface area contributed by atoms with Gasteiger partial charge < -0.3 is 15.0 Å². The van der Waals surface area contributed by atoms with Crippen LogP contribution in [0.3, 0.4) is 0 Å². The molecule has 0 spiro atoms. The van der Waals surface area contributed by atoms with Crippen LogP contribution in [0.2, 0.25) is 5.02 Å². The highest BCUT2D eigenvalue weighted by atomic mass is 35.5. The van der Waals surface area contributed by atoms with Crippen molar-refractivity contribution in [2.24, 2.45) is 0 Å². The van der Waals surface area contributed by atoms with Crippen molar-refractivity contribution in [3.63, 3.8) is 0 Å². The summed E-state index contributed by atoms with van der Waals surface area (Å²) in [7, 11) is 0. The molecule has 2 heterocycles. The van der Waals surface area contributed by atoms with Crippen molar-refractivity contribution in [3.05, 3.63) is 23.2 Å². The number of nitrogens with one attached hydrogen (secondary N) is 2. The van der Waals surface area contributed by atoms with E-state index >= 15 is 0 Å². The minimum Gasteiger partial charge on any atom is -0.379 e. The first-order valence-corrected chi connectivity index (χ1v) is 6.88. The molecule has 102 valence electrons. The predicted molar refractivity (Wildman–Crippen MR) is 76.9 cm³/mol. The number of anilines is 1. The first-order chi connectivity index (χ1) is 9.31. The third kappa shape index (κ3) is 3.18. The van der Waals surface area contributed by atoms with Crippen molar-refractivity contribution in [2.75, 3.05) is 44.7 Å². The zero-order valence-electron chi connectivity index (χ0n) is 10.7. The molecule has 1 saturated heterocycles. The number of rotatable bonds is 4. The Morgan fingerprint density at radius 3 is 3.05 bits per heavy atom. The number of nitrogens with zero attached hydrogens (tertiary/aromatic N) is 2. The number of morpholine rings is 1. The number of imidazole rings is 1. The van der Waals surface area contributed by atoms with Gasteiger partial charge >= 0.3 is 0 Å². The van der Waals surface area contributed by atoms with Crippen LogP contribution in [0.1, 0.15) is 0 Å². The van der Waals surface area contributed by atoms with Crippen LogP contribution < -0.4 is 5.32 Å². The van der Waals surface area contributed by atoms with E-state index in [1.54, 1.807) is 0 Å². The summed E-state index contributed by atoms with van der Waals surface area (Å²) >= 11 is 5.95. The first-order valence-electron chi connectivity index (χ1n) is 6.50. The van der Waals surface area contributed by atoms with Crippen LogP contribution in [0.5, 0.6) is 0 Å². The quantitative estimate of drug-likeness (QED) is 0.899. The molecule has 0 saturated carbocycles. The van der Waals surface area contributed by atoms with Gasteiger partial charge in [0.05, 0.1) is 24.2 Å². The van der Waals surface area contributed by atoms with Crippen molar-refractivity contribution in [2.45, 2.75) is 0 Å². The summed E-state index contributed by atoms with van der Waals surface area (Å²) in [6.45, 7) is 5.57. The molecule has 19 heavy (non-hydrogen) atoms. The largest absolute Gasteiger partial charge is 0.379 e. The second-order valence-electron chi connectivity index (χ2n) is 4.63. The Labute approximate surface area is 116 Å². The van der Waals surface area contributed by atoms with E-state index in [4.69, 9.17) is 16.3 Å². The van der Waals surface area contributed by atoms with Crippen LogP contribution in [-0.4, -0.2) is 54.3 Å². The number of ether oxygens (including phenoxy) is 1. The molecule has 0 aliphatic carbocycles. The summed E-state index contributed by atoms with van der Waals surface area (Å²) in [6, 6.07) is 5.65. The Morgan fingerprint density at radius 1 is 1.37 bits per heavy atom. The average Bonchev–Trinajstić information content (AvgIpc) is 2.82. The Hall–Kier alpha value is -1.30. The van der Waals surface area contributed by atoms with Gasteiger partial charge in [0.25, 0.3) is 0 Å².